The smallest absolute Gasteiger partial charge is 0.176 e. The van der Waals surface area contributed by atoms with E-state index in [1.807, 2.05) is 12.1 Å². The third-order valence-electron chi connectivity index (χ3n) is 4.30. The van der Waals surface area contributed by atoms with Crippen molar-refractivity contribution in [2.45, 2.75) is 58.5 Å². The average Bonchev–Trinajstić information content (AvgIpc) is 2.64. The number of aliphatic hydroxyl groups excluding tert-OH is 2. The van der Waals surface area contributed by atoms with Gasteiger partial charge in [0, 0.05) is 6.61 Å². The maximum absolute atomic E-state index is 10.6. The standard InChI is InChI=1S/C20H30O5/c1-3-5-9-15(4-2)25-18-14-24-20-16(19(18)22)10-8-11-17(20)23-13-7-6-12-21/h8,10-11,15,21-22H,3-7,9,12-14H2,1-2H3. The highest BCUT2D eigenvalue weighted by Crippen LogP contribution is 2.39. The third-order valence-corrected chi connectivity index (χ3v) is 4.30. The molecule has 5 heteroatoms. The second-order valence-corrected chi connectivity index (χ2v) is 6.26. The molecule has 2 rings (SSSR count). The van der Waals surface area contributed by atoms with Crippen LogP contribution in [0.2, 0.25) is 0 Å². The quantitative estimate of drug-likeness (QED) is 0.577. The summed E-state index contributed by atoms with van der Waals surface area (Å²) >= 11 is 0. The van der Waals surface area contributed by atoms with Crippen LogP contribution in [0.4, 0.5) is 0 Å². The first-order chi connectivity index (χ1) is 12.2. The van der Waals surface area contributed by atoms with E-state index in [-0.39, 0.29) is 25.1 Å². The van der Waals surface area contributed by atoms with Crippen LogP contribution in [0.5, 0.6) is 11.5 Å². The molecule has 1 aromatic rings. The van der Waals surface area contributed by atoms with E-state index < -0.39 is 0 Å². The van der Waals surface area contributed by atoms with Gasteiger partial charge in [-0.25, -0.2) is 0 Å². The van der Waals surface area contributed by atoms with Gasteiger partial charge < -0.3 is 24.4 Å². The maximum Gasteiger partial charge on any atom is 0.176 e. The lowest BCUT2D eigenvalue weighted by molar-refractivity contribution is 0.0753. The number of fused-ring (bicyclic) bond motifs is 1. The van der Waals surface area contributed by atoms with Crippen molar-refractivity contribution in [1.82, 2.24) is 0 Å². The minimum Gasteiger partial charge on any atom is -0.504 e. The zero-order valence-corrected chi connectivity index (χ0v) is 15.3. The molecule has 0 fully saturated rings. The molecule has 1 unspecified atom stereocenters. The van der Waals surface area contributed by atoms with Crippen LogP contribution in [0, 0.1) is 0 Å². The van der Waals surface area contributed by atoms with Crippen LogP contribution in [0.3, 0.4) is 0 Å². The number of hydrogen-bond donors (Lipinski definition) is 2. The Morgan fingerprint density at radius 1 is 1.20 bits per heavy atom. The molecule has 0 radical (unpaired) electrons. The predicted molar refractivity (Wildman–Crippen MR) is 98.0 cm³/mol. The lowest BCUT2D eigenvalue weighted by atomic mass is 10.1. The number of para-hydroxylation sites is 1. The molecular weight excluding hydrogens is 320 g/mol. The molecule has 1 atom stereocenters. The van der Waals surface area contributed by atoms with Crippen LogP contribution >= 0.6 is 0 Å². The Hall–Kier alpha value is -1.88. The number of aliphatic hydroxyl groups is 2. The summed E-state index contributed by atoms with van der Waals surface area (Å²) in [5.74, 6) is 1.79. The van der Waals surface area contributed by atoms with Gasteiger partial charge in [-0.2, -0.15) is 0 Å². The zero-order valence-electron chi connectivity index (χ0n) is 15.3. The van der Waals surface area contributed by atoms with Gasteiger partial charge in [0.1, 0.15) is 6.61 Å². The molecule has 140 valence electrons. The summed E-state index contributed by atoms with van der Waals surface area (Å²) in [4.78, 5) is 0. The summed E-state index contributed by atoms with van der Waals surface area (Å²) in [5.41, 5.74) is 0.603. The fraction of sp³-hybridized carbons (Fsp3) is 0.600. The Balaban J connectivity index is 2.10. The van der Waals surface area contributed by atoms with Crippen molar-refractivity contribution in [3.63, 3.8) is 0 Å². The van der Waals surface area contributed by atoms with Crippen molar-refractivity contribution in [2.75, 3.05) is 19.8 Å². The van der Waals surface area contributed by atoms with Gasteiger partial charge in [-0.3, -0.25) is 0 Å². The van der Waals surface area contributed by atoms with Crippen LogP contribution in [-0.2, 0) is 4.74 Å². The molecule has 0 bridgehead atoms. The van der Waals surface area contributed by atoms with E-state index in [0.29, 0.717) is 35.8 Å². The Labute approximate surface area is 150 Å². The van der Waals surface area contributed by atoms with Crippen molar-refractivity contribution >= 4 is 5.76 Å². The SMILES string of the molecule is CCCCC(CC)OC1=C(O)c2cccc(OCCCCO)c2OC1. The fourth-order valence-corrected chi connectivity index (χ4v) is 2.79. The van der Waals surface area contributed by atoms with Crippen molar-refractivity contribution in [1.29, 1.82) is 0 Å². The number of ether oxygens (including phenoxy) is 3. The van der Waals surface area contributed by atoms with Crippen LogP contribution in [0.25, 0.3) is 5.76 Å². The highest BCUT2D eigenvalue weighted by atomic mass is 16.6. The van der Waals surface area contributed by atoms with Crippen molar-refractivity contribution < 1.29 is 24.4 Å². The summed E-state index contributed by atoms with van der Waals surface area (Å²) < 4.78 is 17.6. The van der Waals surface area contributed by atoms with E-state index in [0.717, 1.165) is 32.1 Å². The first kappa shape index (κ1) is 19.4. The Morgan fingerprint density at radius 2 is 2.04 bits per heavy atom. The van der Waals surface area contributed by atoms with E-state index >= 15 is 0 Å². The van der Waals surface area contributed by atoms with E-state index in [9.17, 15) is 5.11 Å². The van der Waals surface area contributed by atoms with Crippen molar-refractivity contribution in [3.05, 3.63) is 29.5 Å². The predicted octanol–water partition coefficient (Wildman–Crippen LogP) is 4.44. The molecule has 0 aromatic heterocycles. The molecule has 0 saturated carbocycles. The van der Waals surface area contributed by atoms with E-state index in [1.54, 1.807) is 6.07 Å². The molecule has 0 aliphatic carbocycles. The molecule has 2 N–H and O–H groups in total. The summed E-state index contributed by atoms with van der Waals surface area (Å²) in [6.45, 7) is 5.12. The topological polar surface area (TPSA) is 68.2 Å². The lowest BCUT2D eigenvalue weighted by Crippen LogP contribution is -2.20. The second kappa shape index (κ2) is 10.2. The van der Waals surface area contributed by atoms with Gasteiger partial charge in [0.25, 0.3) is 0 Å². The summed E-state index contributed by atoms with van der Waals surface area (Å²) in [5, 5.41) is 19.4. The fourth-order valence-electron chi connectivity index (χ4n) is 2.79. The zero-order chi connectivity index (χ0) is 18.1. The summed E-state index contributed by atoms with van der Waals surface area (Å²) in [6.07, 6.45) is 5.68. The van der Waals surface area contributed by atoms with Gasteiger partial charge in [-0.1, -0.05) is 32.8 Å². The first-order valence-corrected chi connectivity index (χ1v) is 9.29. The largest absolute Gasteiger partial charge is 0.504 e. The minimum atomic E-state index is 0.0974. The van der Waals surface area contributed by atoms with E-state index in [2.05, 4.69) is 13.8 Å². The van der Waals surface area contributed by atoms with E-state index in [4.69, 9.17) is 19.3 Å². The molecule has 1 aromatic carbocycles. The van der Waals surface area contributed by atoms with Gasteiger partial charge in [0.15, 0.2) is 23.0 Å². The monoisotopic (exact) mass is 350 g/mol. The molecule has 25 heavy (non-hydrogen) atoms. The average molecular weight is 350 g/mol. The van der Waals surface area contributed by atoms with Crippen LogP contribution in [0.15, 0.2) is 24.0 Å². The molecule has 0 amide bonds. The first-order valence-electron chi connectivity index (χ1n) is 9.29. The lowest BCUT2D eigenvalue weighted by Gasteiger charge is -2.26. The van der Waals surface area contributed by atoms with Crippen LogP contribution < -0.4 is 9.47 Å². The molecule has 5 nitrogen and oxygen atoms in total. The molecule has 1 aliphatic rings. The van der Waals surface area contributed by atoms with Crippen LogP contribution in [0.1, 0.15) is 57.9 Å². The highest BCUT2D eigenvalue weighted by Gasteiger charge is 2.25. The van der Waals surface area contributed by atoms with E-state index in [1.165, 1.54) is 0 Å². The van der Waals surface area contributed by atoms with Crippen LogP contribution in [-0.4, -0.2) is 36.1 Å². The summed E-state index contributed by atoms with van der Waals surface area (Å²) in [6, 6.07) is 5.46. The minimum absolute atomic E-state index is 0.0974. The van der Waals surface area contributed by atoms with Gasteiger partial charge in [-0.15, -0.1) is 0 Å². The Morgan fingerprint density at radius 3 is 2.76 bits per heavy atom. The molecule has 0 saturated heterocycles. The van der Waals surface area contributed by atoms with Crippen molar-refractivity contribution in [3.8, 4) is 11.5 Å². The molecule has 1 aliphatic heterocycles. The normalized spacial score (nSPS) is 14.7. The third kappa shape index (κ3) is 5.30. The van der Waals surface area contributed by atoms with Gasteiger partial charge in [0.2, 0.25) is 0 Å². The number of rotatable bonds is 11. The number of unbranched alkanes of at least 4 members (excludes halogenated alkanes) is 2. The molecule has 0 spiro atoms. The Kier molecular flexibility index (Phi) is 7.92. The molecular formula is C20H30O5. The number of benzene rings is 1. The number of hydrogen-bond acceptors (Lipinski definition) is 5. The van der Waals surface area contributed by atoms with Gasteiger partial charge in [-0.05, 0) is 37.8 Å². The van der Waals surface area contributed by atoms with Gasteiger partial charge in [0.05, 0.1) is 18.3 Å². The maximum atomic E-state index is 10.6. The second-order valence-electron chi connectivity index (χ2n) is 6.26. The summed E-state index contributed by atoms with van der Waals surface area (Å²) in [7, 11) is 0. The van der Waals surface area contributed by atoms with Gasteiger partial charge >= 0.3 is 0 Å². The highest BCUT2D eigenvalue weighted by molar-refractivity contribution is 5.71. The molecule has 1 heterocycles. The Bertz CT molecular complexity index is 567. The van der Waals surface area contributed by atoms with Crippen molar-refractivity contribution in [2.24, 2.45) is 0 Å².